The average molecular weight is 337 g/mol. The van der Waals surface area contributed by atoms with Gasteiger partial charge in [0.15, 0.2) is 11.5 Å². The van der Waals surface area contributed by atoms with E-state index in [9.17, 15) is 4.79 Å². The highest BCUT2D eigenvalue weighted by atomic mass is 16.5. The minimum absolute atomic E-state index is 0.128. The first kappa shape index (κ1) is 15.6. The van der Waals surface area contributed by atoms with E-state index in [1.807, 2.05) is 42.5 Å². The zero-order chi connectivity index (χ0) is 17.4. The number of nitrogens with zero attached hydrogens (tertiary/aromatic N) is 5. The van der Waals surface area contributed by atoms with Crippen LogP contribution in [0.4, 0.5) is 5.82 Å². The van der Waals surface area contributed by atoms with E-state index in [0.29, 0.717) is 18.0 Å². The Kier molecular flexibility index (Phi) is 3.83. The van der Waals surface area contributed by atoms with Crippen molar-refractivity contribution in [3.05, 3.63) is 42.5 Å². The highest BCUT2D eigenvalue weighted by Gasteiger charge is 2.36. The van der Waals surface area contributed by atoms with Crippen LogP contribution >= 0.6 is 0 Å². The number of carbonyl (C=O) groups excluding carboxylic acids is 1. The summed E-state index contributed by atoms with van der Waals surface area (Å²) < 4.78 is 6.66. The number of hydrogen-bond acceptors (Lipinski definition) is 6. The van der Waals surface area contributed by atoms with Crippen molar-refractivity contribution in [2.45, 2.75) is 6.92 Å². The first-order valence-corrected chi connectivity index (χ1v) is 8.28. The molecule has 0 radical (unpaired) electrons. The summed E-state index contributed by atoms with van der Waals surface area (Å²) in [4.78, 5) is 14.0. The third-order valence-corrected chi connectivity index (χ3v) is 4.72. The van der Waals surface area contributed by atoms with Gasteiger partial charge in [0.05, 0.1) is 13.0 Å². The molecule has 0 spiro atoms. The topological polar surface area (TPSA) is 72.6 Å². The van der Waals surface area contributed by atoms with Crippen LogP contribution in [0.1, 0.15) is 6.92 Å². The third-order valence-electron chi connectivity index (χ3n) is 4.72. The molecule has 25 heavy (non-hydrogen) atoms. The number of rotatable bonds is 3. The minimum Gasteiger partial charge on any atom is -0.469 e. The molecule has 1 aliphatic heterocycles. The van der Waals surface area contributed by atoms with Crippen LogP contribution in [0.5, 0.6) is 0 Å². The van der Waals surface area contributed by atoms with Gasteiger partial charge in [0.1, 0.15) is 5.82 Å². The van der Waals surface area contributed by atoms with Crippen LogP contribution in [0.15, 0.2) is 42.5 Å². The lowest BCUT2D eigenvalue weighted by Crippen LogP contribution is -2.25. The van der Waals surface area contributed by atoms with Gasteiger partial charge in [-0.3, -0.25) is 4.79 Å². The largest absolute Gasteiger partial charge is 0.469 e. The first-order valence-electron chi connectivity index (χ1n) is 8.28. The molecular formula is C18H19N5O2. The summed E-state index contributed by atoms with van der Waals surface area (Å²) in [6.07, 6.45) is 0. The molecule has 0 N–H and O–H groups in total. The molecule has 3 heterocycles. The molecule has 0 unspecified atom stereocenters. The monoisotopic (exact) mass is 337 g/mol. The number of methoxy groups -OCH3 is 1. The van der Waals surface area contributed by atoms with Gasteiger partial charge in [0.25, 0.3) is 0 Å². The van der Waals surface area contributed by atoms with Crippen molar-refractivity contribution in [1.82, 2.24) is 19.8 Å². The van der Waals surface area contributed by atoms with Crippen molar-refractivity contribution in [2.75, 3.05) is 25.1 Å². The number of esters is 1. The van der Waals surface area contributed by atoms with E-state index in [4.69, 9.17) is 9.84 Å². The lowest BCUT2D eigenvalue weighted by atomic mass is 9.99. The Labute approximate surface area is 145 Å². The minimum atomic E-state index is -0.162. The molecule has 7 nitrogen and oxygen atoms in total. The van der Waals surface area contributed by atoms with Gasteiger partial charge >= 0.3 is 5.97 Å². The predicted molar refractivity (Wildman–Crippen MR) is 93.1 cm³/mol. The van der Waals surface area contributed by atoms with Gasteiger partial charge in [-0.1, -0.05) is 37.3 Å². The maximum atomic E-state index is 11.9. The summed E-state index contributed by atoms with van der Waals surface area (Å²) in [5, 5.41) is 13.2. The van der Waals surface area contributed by atoms with Gasteiger partial charge in [-0.25, -0.2) is 0 Å². The molecular weight excluding hydrogens is 318 g/mol. The summed E-state index contributed by atoms with van der Waals surface area (Å²) in [6, 6.07) is 13.7. The highest BCUT2D eigenvalue weighted by Crippen LogP contribution is 2.28. The molecule has 2 atom stereocenters. The number of ether oxygens (including phenoxy) is 1. The lowest BCUT2D eigenvalue weighted by molar-refractivity contribution is -0.145. The van der Waals surface area contributed by atoms with E-state index in [1.165, 1.54) is 7.11 Å². The van der Waals surface area contributed by atoms with Crippen LogP contribution in [-0.2, 0) is 9.53 Å². The molecule has 0 bridgehead atoms. The quantitative estimate of drug-likeness (QED) is 0.681. The zero-order valence-corrected chi connectivity index (χ0v) is 14.2. The summed E-state index contributed by atoms with van der Waals surface area (Å²) in [5.74, 6) is 1.44. The van der Waals surface area contributed by atoms with Crippen molar-refractivity contribution in [3.63, 3.8) is 0 Å². The van der Waals surface area contributed by atoms with Gasteiger partial charge in [-0.2, -0.15) is 4.52 Å². The van der Waals surface area contributed by atoms with Gasteiger partial charge in [0, 0.05) is 18.7 Å². The van der Waals surface area contributed by atoms with Crippen molar-refractivity contribution in [3.8, 4) is 11.4 Å². The summed E-state index contributed by atoms with van der Waals surface area (Å²) in [5.41, 5.74) is 1.65. The van der Waals surface area contributed by atoms with Gasteiger partial charge in [0.2, 0.25) is 0 Å². The van der Waals surface area contributed by atoms with Gasteiger partial charge < -0.3 is 9.64 Å². The summed E-state index contributed by atoms with van der Waals surface area (Å²) >= 11 is 0. The van der Waals surface area contributed by atoms with Crippen LogP contribution in [-0.4, -0.2) is 46.0 Å². The maximum absolute atomic E-state index is 11.9. The van der Waals surface area contributed by atoms with Gasteiger partial charge in [-0.15, -0.1) is 15.3 Å². The Morgan fingerprint density at radius 2 is 1.92 bits per heavy atom. The normalized spacial score (nSPS) is 20.2. The highest BCUT2D eigenvalue weighted by molar-refractivity contribution is 5.74. The molecule has 0 saturated carbocycles. The Hall–Kier alpha value is -2.96. The van der Waals surface area contributed by atoms with Crippen molar-refractivity contribution >= 4 is 17.4 Å². The molecule has 1 aromatic carbocycles. The van der Waals surface area contributed by atoms with Crippen molar-refractivity contribution in [2.24, 2.45) is 11.8 Å². The number of benzene rings is 1. The molecule has 2 aromatic heterocycles. The third kappa shape index (κ3) is 2.71. The number of aromatic nitrogens is 4. The standard InChI is InChI=1S/C18H19N5O2/c1-12-10-22(11-14(12)18(24)25-2)16-9-8-15-19-20-17(23(15)21-16)13-6-4-3-5-7-13/h3-9,12,14H,10-11H2,1-2H3/t12-,14-/m1/s1. The first-order chi connectivity index (χ1) is 12.2. The molecule has 0 aliphatic carbocycles. The average Bonchev–Trinajstić information content (AvgIpc) is 3.25. The zero-order valence-electron chi connectivity index (χ0n) is 14.2. The second-order valence-electron chi connectivity index (χ2n) is 6.36. The van der Waals surface area contributed by atoms with E-state index in [0.717, 1.165) is 17.9 Å². The van der Waals surface area contributed by atoms with Crippen LogP contribution in [0, 0.1) is 11.8 Å². The molecule has 1 aliphatic rings. The van der Waals surface area contributed by atoms with Crippen molar-refractivity contribution in [1.29, 1.82) is 0 Å². The molecule has 1 saturated heterocycles. The van der Waals surface area contributed by atoms with E-state index < -0.39 is 0 Å². The van der Waals surface area contributed by atoms with Crippen LogP contribution < -0.4 is 4.90 Å². The predicted octanol–water partition coefficient (Wildman–Crippen LogP) is 2.04. The van der Waals surface area contributed by atoms with E-state index in [-0.39, 0.29) is 17.8 Å². The lowest BCUT2D eigenvalue weighted by Gasteiger charge is -2.17. The molecule has 3 aromatic rings. The number of carbonyl (C=O) groups is 1. The summed E-state index contributed by atoms with van der Waals surface area (Å²) in [6.45, 7) is 3.44. The Bertz CT molecular complexity index is 908. The number of hydrogen-bond donors (Lipinski definition) is 0. The second-order valence-corrected chi connectivity index (χ2v) is 6.36. The van der Waals surface area contributed by atoms with Crippen LogP contribution in [0.3, 0.4) is 0 Å². The van der Waals surface area contributed by atoms with E-state index >= 15 is 0 Å². The van der Waals surface area contributed by atoms with Gasteiger partial charge in [-0.05, 0) is 18.1 Å². The molecule has 1 fully saturated rings. The fraction of sp³-hybridized carbons (Fsp3) is 0.333. The van der Waals surface area contributed by atoms with E-state index in [1.54, 1.807) is 4.52 Å². The Balaban J connectivity index is 1.69. The molecule has 4 rings (SSSR count). The van der Waals surface area contributed by atoms with Crippen LogP contribution in [0.2, 0.25) is 0 Å². The fourth-order valence-corrected chi connectivity index (χ4v) is 3.33. The SMILES string of the molecule is COC(=O)[C@@H]1CN(c2ccc3nnc(-c4ccccc4)n3n2)C[C@H]1C. The molecule has 0 amide bonds. The Morgan fingerprint density at radius 1 is 1.12 bits per heavy atom. The maximum Gasteiger partial charge on any atom is 0.310 e. The molecule has 128 valence electrons. The van der Waals surface area contributed by atoms with Crippen molar-refractivity contribution < 1.29 is 9.53 Å². The number of fused-ring (bicyclic) bond motifs is 1. The fourth-order valence-electron chi connectivity index (χ4n) is 3.33. The Morgan fingerprint density at radius 3 is 2.68 bits per heavy atom. The summed E-state index contributed by atoms with van der Waals surface area (Å²) in [7, 11) is 1.44. The van der Waals surface area contributed by atoms with Crippen LogP contribution in [0.25, 0.3) is 17.0 Å². The molecule has 7 heteroatoms. The smallest absolute Gasteiger partial charge is 0.310 e. The number of anilines is 1. The van der Waals surface area contributed by atoms with E-state index in [2.05, 4.69) is 22.0 Å². The second kappa shape index (κ2) is 6.16.